The first-order valence-electron chi connectivity index (χ1n) is 8.65. The fourth-order valence-corrected chi connectivity index (χ4v) is 3.67. The molecule has 1 aromatic rings. The molecule has 3 rings (SSSR count). The standard InChI is InChI=1S/C18H22F2N2O4/c1-17(12-5-7-13(8-6-12)26-15(19)20)14(23)22(16(24)21-17)11-18(25)9-3-2-4-10-18/h5-8,15,25H,2-4,9-11H2,1H3,(H,21,24). The zero-order valence-electron chi connectivity index (χ0n) is 14.5. The third-order valence-electron chi connectivity index (χ3n) is 5.17. The summed E-state index contributed by atoms with van der Waals surface area (Å²) in [5.74, 6) is -0.499. The third-order valence-corrected chi connectivity index (χ3v) is 5.17. The Kier molecular flexibility index (Phi) is 4.88. The van der Waals surface area contributed by atoms with Gasteiger partial charge in [-0.05, 0) is 37.5 Å². The van der Waals surface area contributed by atoms with Gasteiger partial charge in [-0.15, -0.1) is 0 Å². The largest absolute Gasteiger partial charge is 0.435 e. The number of benzene rings is 1. The van der Waals surface area contributed by atoms with Crippen LogP contribution in [-0.4, -0.2) is 40.7 Å². The van der Waals surface area contributed by atoms with E-state index in [0.29, 0.717) is 18.4 Å². The van der Waals surface area contributed by atoms with Gasteiger partial charge in [-0.1, -0.05) is 31.4 Å². The number of amides is 3. The van der Waals surface area contributed by atoms with E-state index >= 15 is 0 Å². The van der Waals surface area contributed by atoms with Crippen LogP contribution < -0.4 is 10.1 Å². The Hall–Kier alpha value is -2.22. The van der Waals surface area contributed by atoms with E-state index in [1.54, 1.807) is 6.92 Å². The van der Waals surface area contributed by atoms with E-state index in [1.165, 1.54) is 24.3 Å². The second kappa shape index (κ2) is 6.83. The first-order chi connectivity index (χ1) is 12.2. The van der Waals surface area contributed by atoms with Crippen molar-refractivity contribution in [2.75, 3.05) is 6.54 Å². The predicted molar refractivity (Wildman–Crippen MR) is 88.7 cm³/mol. The number of hydrogen-bond acceptors (Lipinski definition) is 4. The van der Waals surface area contributed by atoms with Crippen molar-refractivity contribution >= 4 is 11.9 Å². The Labute approximate surface area is 150 Å². The van der Waals surface area contributed by atoms with Gasteiger partial charge in [0.2, 0.25) is 0 Å². The topological polar surface area (TPSA) is 78.9 Å². The monoisotopic (exact) mass is 368 g/mol. The summed E-state index contributed by atoms with van der Waals surface area (Å²) in [6.07, 6.45) is 3.88. The van der Waals surface area contributed by atoms with E-state index in [-0.39, 0.29) is 12.3 Å². The minimum Gasteiger partial charge on any atom is -0.435 e. The maximum atomic E-state index is 12.9. The Balaban J connectivity index is 1.78. The molecule has 1 aliphatic carbocycles. The molecule has 1 aliphatic heterocycles. The van der Waals surface area contributed by atoms with Crippen LogP contribution in [0.1, 0.15) is 44.6 Å². The molecule has 6 nitrogen and oxygen atoms in total. The number of alkyl halides is 2. The number of halogens is 2. The summed E-state index contributed by atoms with van der Waals surface area (Å²) in [6, 6.07) is 5.01. The Morgan fingerprint density at radius 2 is 1.81 bits per heavy atom. The van der Waals surface area contributed by atoms with Crippen LogP contribution >= 0.6 is 0 Å². The van der Waals surface area contributed by atoms with Gasteiger partial charge in [0.25, 0.3) is 5.91 Å². The van der Waals surface area contributed by atoms with Gasteiger partial charge in [0.05, 0.1) is 12.1 Å². The summed E-state index contributed by atoms with van der Waals surface area (Å²) in [7, 11) is 0. The maximum absolute atomic E-state index is 12.9. The molecule has 1 saturated carbocycles. The highest BCUT2D eigenvalue weighted by Gasteiger charge is 2.51. The summed E-state index contributed by atoms with van der Waals surface area (Å²) in [4.78, 5) is 26.3. The van der Waals surface area contributed by atoms with Gasteiger partial charge >= 0.3 is 12.6 Å². The highest BCUT2D eigenvalue weighted by atomic mass is 19.3. The first kappa shape index (κ1) is 18.6. The van der Waals surface area contributed by atoms with E-state index in [2.05, 4.69) is 10.1 Å². The highest BCUT2D eigenvalue weighted by Crippen LogP contribution is 2.34. The number of rotatable bonds is 5. The SMILES string of the molecule is CC1(c2ccc(OC(F)F)cc2)NC(=O)N(CC2(O)CCCCC2)C1=O. The quantitative estimate of drug-likeness (QED) is 0.784. The number of carbonyl (C=O) groups excluding carboxylic acids is 2. The maximum Gasteiger partial charge on any atom is 0.387 e. The van der Waals surface area contributed by atoms with Crippen molar-refractivity contribution in [3.05, 3.63) is 29.8 Å². The van der Waals surface area contributed by atoms with Crippen molar-refractivity contribution in [3.8, 4) is 5.75 Å². The van der Waals surface area contributed by atoms with Gasteiger partial charge in [-0.25, -0.2) is 4.79 Å². The summed E-state index contributed by atoms with van der Waals surface area (Å²) in [5, 5.41) is 13.3. The first-order valence-corrected chi connectivity index (χ1v) is 8.65. The van der Waals surface area contributed by atoms with Crippen molar-refractivity contribution in [2.24, 2.45) is 0 Å². The molecular formula is C18H22F2N2O4. The van der Waals surface area contributed by atoms with Gasteiger partial charge in [-0.2, -0.15) is 8.78 Å². The number of β-amino-alcohol motifs (C(OH)–C–C–N with tert-alkyl or cyclic N) is 1. The molecule has 0 radical (unpaired) electrons. The van der Waals surface area contributed by atoms with Crippen LogP contribution in [0.15, 0.2) is 24.3 Å². The van der Waals surface area contributed by atoms with E-state index < -0.39 is 29.7 Å². The highest BCUT2D eigenvalue weighted by molar-refractivity contribution is 6.07. The number of nitrogens with one attached hydrogen (secondary N) is 1. The molecule has 1 saturated heterocycles. The number of aliphatic hydroxyl groups is 1. The van der Waals surface area contributed by atoms with E-state index in [0.717, 1.165) is 24.2 Å². The van der Waals surface area contributed by atoms with Crippen LogP contribution in [0.5, 0.6) is 5.75 Å². The van der Waals surface area contributed by atoms with Crippen LogP contribution in [0.4, 0.5) is 13.6 Å². The van der Waals surface area contributed by atoms with Crippen molar-refractivity contribution in [3.63, 3.8) is 0 Å². The van der Waals surface area contributed by atoms with Gasteiger partial charge in [0.1, 0.15) is 11.3 Å². The number of nitrogens with zero attached hydrogens (tertiary/aromatic N) is 1. The molecule has 1 aromatic carbocycles. The fraction of sp³-hybridized carbons (Fsp3) is 0.556. The molecule has 142 valence electrons. The lowest BCUT2D eigenvalue weighted by molar-refractivity contribution is -0.134. The molecule has 1 atom stereocenters. The van der Waals surface area contributed by atoms with Crippen molar-refractivity contribution in [2.45, 2.75) is 56.8 Å². The lowest BCUT2D eigenvalue weighted by atomic mass is 9.84. The van der Waals surface area contributed by atoms with E-state index in [4.69, 9.17) is 0 Å². The molecule has 26 heavy (non-hydrogen) atoms. The van der Waals surface area contributed by atoms with Gasteiger partial charge in [-0.3, -0.25) is 9.69 Å². The number of hydrogen-bond donors (Lipinski definition) is 2. The minimum atomic E-state index is -2.93. The molecule has 2 fully saturated rings. The number of ether oxygens (including phenoxy) is 1. The second-order valence-corrected chi connectivity index (χ2v) is 7.13. The lowest BCUT2D eigenvalue weighted by Gasteiger charge is -2.34. The van der Waals surface area contributed by atoms with Crippen molar-refractivity contribution in [1.82, 2.24) is 10.2 Å². The van der Waals surface area contributed by atoms with Gasteiger partial charge < -0.3 is 15.2 Å². The molecule has 0 aromatic heterocycles. The van der Waals surface area contributed by atoms with E-state index in [1.807, 2.05) is 0 Å². The smallest absolute Gasteiger partial charge is 0.387 e. The van der Waals surface area contributed by atoms with Crippen molar-refractivity contribution < 1.29 is 28.2 Å². The normalized spacial score (nSPS) is 25.5. The molecule has 1 heterocycles. The average molecular weight is 368 g/mol. The number of carbonyl (C=O) groups is 2. The number of imide groups is 1. The van der Waals surface area contributed by atoms with Crippen molar-refractivity contribution in [1.29, 1.82) is 0 Å². The molecule has 0 bridgehead atoms. The molecule has 0 spiro atoms. The summed E-state index contributed by atoms with van der Waals surface area (Å²) < 4.78 is 28.8. The molecule has 8 heteroatoms. The predicted octanol–water partition coefficient (Wildman–Crippen LogP) is 2.75. The second-order valence-electron chi connectivity index (χ2n) is 7.13. The molecule has 3 amide bonds. The molecular weight excluding hydrogens is 346 g/mol. The molecule has 2 aliphatic rings. The average Bonchev–Trinajstić information content (AvgIpc) is 2.79. The third kappa shape index (κ3) is 3.51. The van der Waals surface area contributed by atoms with Crippen LogP contribution in [-0.2, 0) is 10.3 Å². The summed E-state index contributed by atoms with van der Waals surface area (Å²) in [5.41, 5.74) is -1.91. The van der Waals surface area contributed by atoms with Gasteiger partial charge in [0.15, 0.2) is 0 Å². The van der Waals surface area contributed by atoms with E-state index in [9.17, 15) is 23.5 Å². The Morgan fingerprint density at radius 3 is 2.38 bits per heavy atom. The zero-order chi connectivity index (χ0) is 18.9. The fourth-order valence-electron chi connectivity index (χ4n) is 3.67. The Morgan fingerprint density at radius 1 is 1.19 bits per heavy atom. The van der Waals surface area contributed by atoms with Crippen LogP contribution in [0, 0.1) is 0 Å². The molecule has 1 unspecified atom stereocenters. The minimum absolute atomic E-state index is 0.0301. The summed E-state index contributed by atoms with van der Waals surface area (Å²) in [6.45, 7) is -1.42. The summed E-state index contributed by atoms with van der Waals surface area (Å²) >= 11 is 0. The Bertz CT molecular complexity index is 689. The van der Waals surface area contributed by atoms with Gasteiger partial charge in [0, 0.05) is 0 Å². The number of urea groups is 1. The van der Waals surface area contributed by atoms with Crippen LogP contribution in [0.2, 0.25) is 0 Å². The van der Waals surface area contributed by atoms with Crippen LogP contribution in [0.3, 0.4) is 0 Å². The molecule has 2 N–H and O–H groups in total. The van der Waals surface area contributed by atoms with Crippen LogP contribution in [0.25, 0.3) is 0 Å². The lowest BCUT2D eigenvalue weighted by Crippen LogP contribution is -2.48. The zero-order valence-corrected chi connectivity index (χ0v) is 14.5.